The molecule has 0 N–H and O–H groups in total. The second-order valence-corrected chi connectivity index (χ2v) is 3.96. The zero-order chi connectivity index (χ0) is 9.26. The molecule has 0 aliphatic heterocycles. The van der Waals surface area contributed by atoms with Gasteiger partial charge in [-0.05, 0) is 36.7 Å². The Bertz CT molecular complexity index is 273. The van der Waals surface area contributed by atoms with Gasteiger partial charge in [0, 0.05) is 6.42 Å². The Morgan fingerprint density at radius 2 is 2.38 bits per heavy atom. The van der Waals surface area contributed by atoms with Gasteiger partial charge in [-0.1, -0.05) is 25.2 Å². The lowest BCUT2D eigenvalue weighted by molar-refractivity contribution is -0.114. The first-order valence-electron chi connectivity index (χ1n) is 5.23. The summed E-state index contributed by atoms with van der Waals surface area (Å²) in [6.45, 7) is 2.21. The normalized spacial score (nSPS) is 32.7. The molecule has 13 heavy (non-hydrogen) atoms. The summed E-state index contributed by atoms with van der Waals surface area (Å²) in [4.78, 5) is 11.5. The van der Waals surface area contributed by atoms with Crippen molar-refractivity contribution in [1.82, 2.24) is 0 Å². The van der Waals surface area contributed by atoms with Crippen molar-refractivity contribution in [2.45, 2.75) is 32.6 Å². The van der Waals surface area contributed by atoms with Gasteiger partial charge in [0.15, 0.2) is 5.78 Å². The maximum atomic E-state index is 11.5. The number of carbonyl (C=O) groups excluding carboxylic acids is 1. The minimum Gasteiger partial charge on any atom is -0.295 e. The van der Waals surface area contributed by atoms with Gasteiger partial charge in [-0.25, -0.2) is 0 Å². The molecule has 0 bridgehead atoms. The second kappa shape index (κ2) is 3.49. The minimum absolute atomic E-state index is 0.396. The maximum absolute atomic E-state index is 11.5. The Balaban J connectivity index is 2.28. The third kappa shape index (κ3) is 1.48. The molecule has 0 aromatic carbocycles. The molecule has 2 aliphatic rings. The number of hydrogen-bond donors (Lipinski definition) is 0. The largest absolute Gasteiger partial charge is 0.295 e. The lowest BCUT2D eigenvalue weighted by Crippen LogP contribution is -2.10. The molecule has 2 rings (SSSR count). The van der Waals surface area contributed by atoms with Gasteiger partial charge in [-0.2, -0.15) is 0 Å². The summed E-state index contributed by atoms with van der Waals surface area (Å²) in [5, 5.41) is 0. The van der Waals surface area contributed by atoms with E-state index in [1.54, 1.807) is 0 Å². The van der Waals surface area contributed by atoms with Crippen LogP contribution >= 0.6 is 0 Å². The summed E-state index contributed by atoms with van der Waals surface area (Å²) < 4.78 is 0. The van der Waals surface area contributed by atoms with E-state index in [2.05, 4.69) is 25.2 Å². The van der Waals surface area contributed by atoms with Crippen molar-refractivity contribution < 1.29 is 4.79 Å². The predicted octanol–water partition coefficient (Wildman–Crippen LogP) is 2.88. The highest BCUT2D eigenvalue weighted by molar-refractivity contribution is 5.98. The fraction of sp³-hybridized carbons (Fsp3) is 0.583. The van der Waals surface area contributed by atoms with E-state index in [-0.39, 0.29) is 0 Å². The molecule has 1 nitrogen and oxygen atoms in total. The Kier molecular flexibility index (Phi) is 2.34. The zero-order valence-corrected chi connectivity index (χ0v) is 8.12. The van der Waals surface area contributed by atoms with Crippen molar-refractivity contribution in [2.24, 2.45) is 11.8 Å². The van der Waals surface area contributed by atoms with E-state index in [9.17, 15) is 4.79 Å². The van der Waals surface area contributed by atoms with Crippen LogP contribution in [0.3, 0.4) is 0 Å². The lowest BCUT2D eigenvalue weighted by atomic mass is 9.86. The predicted molar refractivity (Wildman–Crippen MR) is 53.4 cm³/mol. The number of fused-ring (bicyclic) bond motifs is 1. The van der Waals surface area contributed by atoms with Gasteiger partial charge in [-0.15, -0.1) is 0 Å². The van der Waals surface area contributed by atoms with Gasteiger partial charge in [-0.3, -0.25) is 4.79 Å². The van der Waals surface area contributed by atoms with E-state index in [0.717, 1.165) is 31.3 Å². The lowest BCUT2D eigenvalue weighted by Gasteiger charge is -2.17. The van der Waals surface area contributed by atoms with Gasteiger partial charge < -0.3 is 0 Å². The summed E-state index contributed by atoms with van der Waals surface area (Å²) >= 11 is 0. The summed E-state index contributed by atoms with van der Waals surface area (Å²) in [5.41, 5.74) is 1.12. The summed E-state index contributed by atoms with van der Waals surface area (Å²) in [6.07, 6.45) is 10.6. The molecule has 1 fully saturated rings. The van der Waals surface area contributed by atoms with Crippen LogP contribution in [0.15, 0.2) is 23.8 Å². The summed E-state index contributed by atoms with van der Waals surface area (Å²) in [5.74, 6) is 1.54. The Labute approximate surface area is 79.5 Å². The van der Waals surface area contributed by atoms with Crippen molar-refractivity contribution in [3.63, 3.8) is 0 Å². The van der Waals surface area contributed by atoms with Gasteiger partial charge in [0.05, 0.1) is 0 Å². The number of ketones is 1. The van der Waals surface area contributed by atoms with Crippen LogP contribution in [0.25, 0.3) is 0 Å². The number of rotatable bonds is 1. The van der Waals surface area contributed by atoms with Gasteiger partial charge >= 0.3 is 0 Å². The third-order valence-corrected chi connectivity index (χ3v) is 3.25. The minimum atomic E-state index is 0.396. The average molecular weight is 176 g/mol. The molecule has 1 heteroatoms. The Morgan fingerprint density at radius 1 is 1.54 bits per heavy atom. The van der Waals surface area contributed by atoms with E-state index < -0.39 is 0 Å². The topological polar surface area (TPSA) is 17.1 Å². The quantitative estimate of drug-likeness (QED) is 0.561. The van der Waals surface area contributed by atoms with Gasteiger partial charge in [0.25, 0.3) is 0 Å². The zero-order valence-electron chi connectivity index (χ0n) is 8.12. The number of allylic oxidation sites excluding steroid dienone is 4. The Hall–Kier alpha value is -0.850. The highest BCUT2D eigenvalue weighted by Gasteiger charge is 2.32. The summed E-state index contributed by atoms with van der Waals surface area (Å²) in [6, 6.07) is 0. The SMILES string of the molecule is CC[C@@H]1C=CCC=C2C(=O)CC[C@H]21. The molecule has 2 aliphatic carbocycles. The molecule has 0 spiro atoms. The van der Waals surface area contributed by atoms with Crippen LogP contribution < -0.4 is 0 Å². The van der Waals surface area contributed by atoms with E-state index in [1.807, 2.05) is 0 Å². The van der Waals surface area contributed by atoms with Crippen molar-refractivity contribution in [3.8, 4) is 0 Å². The summed E-state index contributed by atoms with van der Waals surface area (Å²) in [7, 11) is 0. The van der Waals surface area contributed by atoms with Crippen molar-refractivity contribution in [3.05, 3.63) is 23.8 Å². The number of carbonyl (C=O) groups is 1. The third-order valence-electron chi connectivity index (χ3n) is 3.25. The molecule has 0 unspecified atom stereocenters. The average Bonchev–Trinajstić information content (AvgIpc) is 2.39. The molecule has 1 saturated carbocycles. The van der Waals surface area contributed by atoms with Crippen LogP contribution in [-0.2, 0) is 4.79 Å². The molecule has 0 heterocycles. The molecule has 70 valence electrons. The Morgan fingerprint density at radius 3 is 3.15 bits per heavy atom. The van der Waals surface area contributed by atoms with Crippen molar-refractivity contribution in [2.75, 3.05) is 0 Å². The molecule has 2 atom stereocenters. The monoisotopic (exact) mass is 176 g/mol. The van der Waals surface area contributed by atoms with Crippen molar-refractivity contribution in [1.29, 1.82) is 0 Å². The number of Topliss-reactive ketones (excluding diaryl/α,β-unsaturated/α-hetero) is 1. The fourth-order valence-electron chi connectivity index (χ4n) is 2.51. The van der Waals surface area contributed by atoms with Crippen LogP contribution in [0.5, 0.6) is 0 Å². The van der Waals surface area contributed by atoms with Crippen molar-refractivity contribution >= 4 is 5.78 Å². The molecule has 0 aromatic heterocycles. The molecule has 0 aromatic rings. The number of hydrogen-bond acceptors (Lipinski definition) is 1. The molecular formula is C12H16O. The van der Waals surface area contributed by atoms with E-state index in [4.69, 9.17) is 0 Å². The molecule has 0 saturated heterocycles. The van der Waals surface area contributed by atoms with Gasteiger partial charge in [0.1, 0.15) is 0 Å². The van der Waals surface area contributed by atoms with Gasteiger partial charge in [0.2, 0.25) is 0 Å². The first kappa shape index (κ1) is 8.74. The standard InChI is InChI=1S/C12H16O/c1-2-9-5-3-4-6-11-10(9)7-8-12(11)13/h3,5-6,9-10H,2,4,7-8H2,1H3/t9-,10+/m1/s1. The molecule has 0 amide bonds. The first-order chi connectivity index (χ1) is 6.33. The van der Waals surface area contributed by atoms with Crippen LogP contribution in [0, 0.1) is 11.8 Å². The highest BCUT2D eigenvalue weighted by atomic mass is 16.1. The molecular weight excluding hydrogens is 160 g/mol. The van der Waals surface area contributed by atoms with E-state index in [0.29, 0.717) is 17.6 Å². The maximum Gasteiger partial charge on any atom is 0.158 e. The fourth-order valence-corrected chi connectivity index (χ4v) is 2.51. The highest BCUT2D eigenvalue weighted by Crippen LogP contribution is 2.38. The van der Waals surface area contributed by atoms with E-state index in [1.165, 1.54) is 0 Å². The smallest absolute Gasteiger partial charge is 0.158 e. The van der Waals surface area contributed by atoms with Crippen LogP contribution in [0.1, 0.15) is 32.6 Å². The molecule has 0 radical (unpaired) electrons. The van der Waals surface area contributed by atoms with E-state index >= 15 is 0 Å². The van der Waals surface area contributed by atoms with Crippen LogP contribution in [0.2, 0.25) is 0 Å². The van der Waals surface area contributed by atoms with Crippen LogP contribution in [-0.4, -0.2) is 5.78 Å². The first-order valence-corrected chi connectivity index (χ1v) is 5.23. The second-order valence-electron chi connectivity index (χ2n) is 3.96. The van der Waals surface area contributed by atoms with Crippen LogP contribution in [0.4, 0.5) is 0 Å².